The van der Waals surface area contributed by atoms with Gasteiger partial charge in [0.1, 0.15) is 0 Å². The summed E-state index contributed by atoms with van der Waals surface area (Å²) in [5, 5.41) is 0. The topological polar surface area (TPSA) is 27.0 Å². The Hall–Kier alpha value is -0.0800. The maximum absolute atomic E-state index is 7.62. The van der Waals surface area contributed by atoms with E-state index in [9.17, 15) is 0 Å². The Balaban J connectivity index is 2.33. The normalized spacial score (nSPS) is 36.3. The van der Waals surface area contributed by atoms with Crippen LogP contribution in [0.3, 0.4) is 0 Å². The highest BCUT2D eigenvalue weighted by Gasteiger charge is 2.21. The van der Waals surface area contributed by atoms with E-state index >= 15 is 0 Å². The van der Waals surface area contributed by atoms with Crippen LogP contribution in [0.2, 0.25) is 0 Å². The Morgan fingerprint density at radius 1 is 1.60 bits per heavy atom. The second-order valence-electron chi connectivity index (χ2n) is 3.27. The lowest BCUT2D eigenvalue weighted by Crippen LogP contribution is -2.42. The van der Waals surface area contributed by atoms with Crippen molar-refractivity contribution in [3.63, 3.8) is 0 Å². The first-order chi connectivity index (χ1) is 4.74. The molecule has 0 saturated carbocycles. The fourth-order valence-electron chi connectivity index (χ4n) is 1.52. The highest BCUT2D eigenvalue weighted by molar-refractivity contribution is 4.78. The Morgan fingerprint density at radius 3 is 2.80 bits per heavy atom. The summed E-state index contributed by atoms with van der Waals surface area (Å²) in [6.07, 6.45) is 1.06. The van der Waals surface area contributed by atoms with Crippen molar-refractivity contribution in [1.82, 2.24) is 10.6 Å². The molecule has 1 fully saturated rings. The Labute approximate surface area is 63.4 Å². The van der Waals surface area contributed by atoms with Crippen LogP contribution in [0.15, 0.2) is 0 Å². The molecule has 1 heterocycles. The number of rotatable bonds is 1. The van der Waals surface area contributed by atoms with Gasteiger partial charge in [-0.05, 0) is 25.4 Å². The van der Waals surface area contributed by atoms with Crippen molar-refractivity contribution in [1.29, 1.82) is 0 Å². The van der Waals surface area contributed by atoms with Gasteiger partial charge < -0.3 is 4.90 Å². The highest BCUT2D eigenvalue weighted by atomic mass is 15.1. The number of hydrogen-bond acceptors (Lipinski definition) is 1. The van der Waals surface area contributed by atoms with Gasteiger partial charge in [-0.15, -0.1) is 0 Å². The lowest BCUT2D eigenvalue weighted by atomic mass is 9.95. The standard InChI is InChI=1S/C8H17N2/c1-3-10-5-4-8(9)7(2)6-10/h7-9H,3-6H2,1-2H3. The van der Waals surface area contributed by atoms with Gasteiger partial charge in [-0.1, -0.05) is 13.8 Å². The third-order valence-electron chi connectivity index (χ3n) is 2.44. The van der Waals surface area contributed by atoms with Crippen molar-refractivity contribution >= 4 is 0 Å². The molecule has 0 aromatic rings. The summed E-state index contributed by atoms with van der Waals surface area (Å²) in [4.78, 5) is 2.43. The average Bonchev–Trinajstić information content (AvgIpc) is 1.95. The Bertz CT molecular complexity index is 103. The quantitative estimate of drug-likeness (QED) is 0.535. The molecule has 2 unspecified atom stereocenters. The molecule has 1 rings (SSSR count). The van der Waals surface area contributed by atoms with Crippen molar-refractivity contribution in [2.75, 3.05) is 19.6 Å². The van der Waals surface area contributed by atoms with Gasteiger partial charge >= 0.3 is 0 Å². The van der Waals surface area contributed by atoms with Gasteiger partial charge in [-0.3, -0.25) is 5.73 Å². The van der Waals surface area contributed by atoms with E-state index in [4.69, 9.17) is 5.73 Å². The minimum absolute atomic E-state index is 0.197. The van der Waals surface area contributed by atoms with Gasteiger partial charge in [-0.2, -0.15) is 0 Å². The smallest absolute Gasteiger partial charge is 0.0263 e. The maximum atomic E-state index is 7.62. The van der Waals surface area contributed by atoms with Gasteiger partial charge in [0.25, 0.3) is 0 Å². The van der Waals surface area contributed by atoms with Gasteiger partial charge in [0, 0.05) is 12.6 Å². The molecule has 2 atom stereocenters. The zero-order valence-electron chi connectivity index (χ0n) is 6.93. The number of piperidine rings is 1. The van der Waals surface area contributed by atoms with Crippen LogP contribution in [0.25, 0.3) is 0 Å². The van der Waals surface area contributed by atoms with Crippen molar-refractivity contribution in [2.24, 2.45) is 5.92 Å². The van der Waals surface area contributed by atoms with Gasteiger partial charge in [0.05, 0.1) is 0 Å². The fourth-order valence-corrected chi connectivity index (χ4v) is 1.52. The SMILES string of the molecule is CCN1CCC([NH])C(C)C1. The van der Waals surface area contributed by atoms with Crippen LogP contribution >= 0.6 is 0 Å². The summed E-state index contributed by atoms with van der Waals surface area (Å²) in [5.41, 5.74) is 7.62. The Morgan fingerprint density at radius 2 is 2.30 bits per heavy atom. The van der Waals surface area contributed by atoms with E-state index in [2.05, 4.69) is 18.7 Å². The summed E-state index contributed by atoms with van der Waals surface area (Å²) in [6, 6.07) is 0.197. The zero-order chi connectivity index (χ0) is 7.56. The molecule has 1 aliphatic heterocycles. The van der Waals surface area contributed by atoms with Crippen LogP contribution < -0.4 is 5.73 Å². The molecule has 0 aliphatic carbocycles. The van der Waals surface area contributed by atoms with E-state index in [1.807, 2.05) is 0 Å². The maximum Gasteiger partial charge on any atom is 0.0263 e. The summed E-state index contributed by atoms with van der Waals surface area (Å²) < 4.78 is 0. The van der Waals surface area contributed by atoms with Crippen LogP contribution in [0.5, 0.6) is 0 Å². The van der Waals surface area contributed by atoms with Crippen molar-refractivity contribution in [3.05, 3.63) is 0 Å². The van der Waals surface area contributed by atoms with E-state index in [1.165, 1.54) is 0 Å². The minimum Gasteiger partial charge on any atom is -0.303 e. The highest BCUT2D eigenvalue weighted by Crippen LogP contribution is 2.14. The monoisotopic (exact) mass is 141 g/mol. The summed E-state index contributed by atoms with van der Waals surface area (Å²) in [7, 11) is 0. The summed E-state index contributed by atoms with van der Waals surface area (Å²) >= 11 is 0. The van der Waals surface area contributed by atoms with Crippen molar-refractivity contribution in [3.8, 4) is 0 Å². The molecule has 59 valence electrons. The van der Waals surface area contributed by atoms with E-state index in [1.54, 1.807) is 0 Å². The third kappa shape index (κ3) is 1.70. The predicted octanol–water partition coefficient (Wildman–Crippen LogP) is 1.000. The molecule has 0 aromatic heterocycles. The number of hydrogen-bond donors (Lipinski definition) is 0. The second-order valence-corrected chi connectivity index (χ2v) is 3.27. The molecule has 10 heavy (non-hydrogen) atoms. The largest absolute Gasteiger partial charge is 0.303 e. The third-order valence-corrected chi connectivity index (χ3v) is 2.44. The molecule has 1 aliphatic rings. The first-order valence-corrected chi connectivity index (χ1v) is 4.17. The van der Waals surface area contributed by atoms with E-state index in [0.29, 0.717) is 5.92 Å². The summed E-state index contributed by atoms with van der Waals surface area (Å²) in [6.45, 7) is 7.78. The van der Waals surface area contributed by atoms with Crippen LogP contribution in [-0.2, 0) is 0 Å². The molecule has 0 bridgehead atoms. The molecule has 1 N–H and O–H groups in total. The van der Waals surface area contributed by atoms with Crippen LogP contribution in [0.4, 0.5) is 0 Å². The van der Waals surface area contributed by atoms with E-state index in [0.717, 1.165) is 26.1 Å². The summed E-state index contributed by atoms with van der Waals surface area (Å²) in [5.74, 6) is 0.577. The molecule has 0 spiro atoms. The lowest BCUT2D eigenvalue weighted by Gasteiger charge is -2.33. The predicted molar refractivity (Wildman–Crippen MR) is 42.8 cm³/mol. The van der Waals surface area contributed by atoms with Gasteiger partial charge in [0.2, 0.25) is 0 Å². The second kappa shape index (κ2) is 3.35. The molecule has 0 amide bonds. The molecule has 2 nitrogen and oxygen atoms in total. The van der Waals surface area contributed by atoms with E-state index in [-0.39, 0.29) is 6.04 Å². The molecule has 1 saturated heterocycles. The van der Waals surface area contributed by atoms with Crippen molar-refractivity contribution < 1.29 is 0 Å². The lowest BCUT2D eigenvalue weighted by molar-refractivity contribution is 0.169. The number of likely N-dealkylation sites (tertiary alicyclic amines) is 1. The minimum atomic E-state index is 0.197. The van der Waals surface area contributed by atoms with Crippen LogP contribution in [0.1, 0.15) is 20.3 Å². The number of nitrogens with one attached hydrogen (secondary N) is 1. The average molecular weight is 141 g/mol. The molecule has 2 heteroatoms. The molecular weight excluding hydrogens is 124 g/mol. The molecule has 1 radical (unpaired) electrons. The van der Waals surface area contributed by atoms with Gasteiger partial charge in [0.15, 0.2) is 0 Å². The van der Waals surface area contributed by atoms with Crippen LogP contribution in [-0.4, -0.2) is 30.6 Å². The fraction of sp³-hybridized carbons (Fsp3) is 1.00. The molecule has 0 aromatic carbocycles. The van der Waals surface area contributed by atoms with Crippen molar-refractivity contribution in [2.45, 2.75) is 26.3 Å². The van der Waals surface area contributed by atoms with E-state index < -0.39 is 0 Å². The molecular formula is C8H17N2. The first-order valence-electron chi connectivity index (χ1n) is 4.17. The van der Waals surface area contributed by atoms with Crippen LogP contribution in [0, 0.1) is 5.92 Å². The first kappa shape index (κ1) is 8.02. The zero-order valence-corrected chi connectivity index (χ0v) is 6.93. The Kier molecular flexibility index (Phi) is 2.69. The van der Waals surface area contributed by atoms with Gasteiger partial charge in [-0.25, -0.2) is 0 Å². The number of nitrogens with zero attached hydrogens (tertiary/aromatic N) is 1.